The molecule has 0 aliphatic carbocycles. The van der Waals surface area contributed by atoms with Crippen LogP contribution in [0.15, 0.2) is 0 Å². The quantitative estimate of drug-likeness (QED) is 0.122. The van der Waals surface area contributed by atoms with Crippen LogP contribution in [0.2, 0.25) is 0 Å². The van der Waals surface area contributed by atoms with Gasteiger partial charge in [0.15, 0.2) is 0 Å². The van der Waals surface area contributed by atoms with Crippen LogP contribution in [-0.4, -0.2) is 12.2 Å². The molecule has 0 aromatic heterocycles. The third kappa shape index (κ3) is 22.9. The molecule has 0 radical (unpaired) electrons. The molecule has 0 aliphatic heterocycles. The zero-order valence-corrected chi connectivity index (χ0v) is 22.5. The van der Waals surface area contributed by atoms with E-state index in [1.54, 1.807) is 0 Å². The van der Waals surface area contributed by atoms with Crippen LogP contribution in [0.5, 0.6) is 0 Å². The van der Waals surface area contributed by atoms with Gasteiger partial charge in [0.2, 0.25) is 0 Å². The standard InChI is InChI=1S/C30H62O/c1-5-9-13-17-19-23-27-29(25-21-15-11-7-3)31-30(26-22-16-12-8-4)28-24-20-18-14-10-6-2/h29-30H,5-28H2,1-4H3. The predicted octanol–water partition coefficient (Wildman–Crippen LogP) is 11.2. The van der Waals surface area contributed by atoms with Crippen molar-refractivity contribution in [3.63, 3.8) is 0 Å². The summed E-state index contributed by atoms with van der Waals surface area (Å²) in [4.78, 5) is 0. The minimum atomic E-state index is 0.527. The molecule has 0 aromatic carbocycles. The smallest absolute Gasteiger partial charge is 0.0578 e. The zero-order chi connectivity index (χ0) is 22.8. The van der Waals surface area contributed by atoms with E-state index in [0.29, 0.717) is 12.2 Å². The van der Waals surface area contributed by atoms with Crippen LogP contribution in [-0.2, 0) is 4.74 Å². The van der Waals surface area contributed by atoms with Crippen molar-refractivity contribution in [1.29, 1.82) is 0 Å². The summed E-state index contributed by atoms with van der Waals surface area (Å²) in [5.41, 5.74) is 0. The Kier molecular flexibility index (Phi) is 26.2. The number of hydrogen-bond donors (Lipinski definition) is 0. The van der Waals surface area contributed by atoms with E-state index in [1.165, 1.54) is 154 Å². The SMILES string of the molecule is CCCCCCCCC(CCCCCC)OC(CCCCCC)CCCCCCCC. The largest absolute Gasteiger partial charge is 0.375 e. The van der Waals surface area contributed by atoms with Crippen LogP contribution in [0.1, 0.15) is 182 Å². The molecule has 188 valence electrons. The van der Waals surface area contributed by atoms with Crippen molar-refractivity contribution in [2.75, 3.05) is 0 Å². The fourth-order valence-electron chi connectivity index (χ4n) is 4.74. The first-order valence-electron chi connectivity index (χ1n) is 14.9. The lowest BCUT2D eigenvalue weighted by Gasteiger charge is -2.26. The lowest BCUT2D eigenvalue weighted by molar-refractivity contribution is -0.0324. The van der Waals surface area contributed by atoms with Crippen molar-refractivity contribution < 1.29 is 4.74 Å². The Morgan fingerprint density at radius 3 is 0.839 bits per heavy atom. The molecular formula is C30H62O. The summed E-state index contributed by atoms with van der Waals surface area (Å²) in [7, 11) is 0. The van der Waals surface area contributed by atoms with Gasteiger partial charge in [-0.25, -0.2) is 0 Å². The Hall–Kier alpha value is -0.0400. The summed E-state index contributed by atoms with van der Waals surface area (Å²) in [6.45, 7) is 9.25. The van der Waals surface area contributed by atoms with Crippen molar-refractivity contribution in [3.8, 4) is 0 Å². The molecule has 2 unspecified atom stereocenters. The summed E-state index contributed by atoms with van der Waals surface area (Å²) in [5.74, 6) is 0. The van der Waals surface area contributed by atoms with E-state index in [9.17, 15) is 0 Å². The van der Waals surface area contributed by atoms with E-state index in [1.807, 2.05) is 0 Å². The molecule has 31 heavy (non-hydrogen) atoms. The van der Waals surface area contributed by atoms with Gasteiger partial charge in [-0.05, 0) is 25.7 Å². The van der Waals surface area contributed by atoms with Gasteiger partial charge in [-0.2, -0.15) is 0 Å². The molecule has 0 aromatic rings. The van der Waals surface area contributed by atoms with Gasteiger partial charge < -0.3 is 4.74 Å². The molecule has 0 rings (SSSR count). The molecule has 0 N–H and O–H groups in total. The molecule has 0 fully saturated rings. The summed E-state index contributed by atoms with van der Waals surface area (Å²) < 4.78 is 6.87. The van der Waals surface area contributed by atoms with Crippen LogP contribution in [0, 0.1) is 0 Å². The van der Waals surface area contributed by atoms with Gasteiger partial charge in [-0.3, -0.25) is 0 Å². The number of unbranched alkanes of at least 4 members (excludes halogenated alkanes) is 16. The molecular weight excluding hydrogens is 376 g/mol. The van der Waals surface area contributed by atoms with E-state index in [-0.39, 0.29) is 0 Å². The first-order valence-corrected chi connectivity index (χ1v) is 14.9. The lowest BCUT2D eigenvalue weighted by atomic mass is 10.00. The average Bonchev–Trinajstić information content (AvgIpc) is 2.78. The van der Waals surface area contributed by atoms with Crippen LogP contribution in [0.25, 0.3) is 0 Å². The Morgan fingerprint density at radius 2 is 0.548 bits per heavy atom. The number of ether oxygens (including phenoxy) is 1. The fraction of sp³-hybridized carbons (Fsp3) is 1.00. The van der Waals surface area contributed by atoms with Crippen LogP contribution >= 0.6 is 0 Å². The highest BCUT2D eigenvalue weighted by molar-refractivity contribution is 4.67. The van der Waals surface area contributed by atoms with E-state index in [0.717, 1.165) is 0 Å². The minimum Gasteiger partial charge on any atom is -0.375 e. The Balaban J connectivity index is 4.47. The maximum absolute atomic E-state index is 6.87. The first kappa shape index (κ1) is 31.0. The summed E-state index contributed by atoms with van der Waals surface area (Å²) in [6, 6.07) is 0. The van der Waals surface area contributed by atoms with Crippen LogP contribution < -0.4 is 0 Å². The molecule has 0 saturated carbocycles. The van der Waals surface area contributed by atoms with Gasteiger partial charge in [0.05, 0.1) is 12.2 Å². The lowest BCUT2D eigenvalue weighted by Crippen LogP contribution is -2.23. The molecule has 0 heterocycles. The topological polar surface area (TPSA) is 9.23 Å². The highest BCUT2D eigenvalue weighted by Gasteiger charge is 2.16. The maximum Gasteiger partial charge on any atom is 0.0578 e. The van der Waals surface area contributed by atoms with Crippen molar-refractivity contribution in [1.82, 2.24) is 0 Å². The highest BCUT2D eigenvalue weighted by atomic mass is 16.5. The van der Waals surface area contributed by atoms with Gasteiger partial charge in [0, 0.05) is 0 Å². The van der Waals surface area contributed by atoms with Crippen molar-refractivity contribution in [2.24, 2.45) is 0 Å². The fourth-order valence-corrected chi connectivity index (χ4v) is 4.74. The zero-order valence-electron chi connectivity index (χ0n) is 22.5. The van der Waals surface area contributed by atoms with Gasteiger partial charge in [-0.1, -0.05) is 156 Å². The highest BCUT2D eigenvalue weighted by Crippen LogP contribution is 2.23. The van der Waals surface area contributed by atoms with E-state index >= 15 is 0 Å². The van der Waals surface area contributed by atoms with Crippen molar-refractivity contribution in [3.05, 3.63) is 0 Å². The Labute approximate surface area is 198 Å². The second-order valence-electron chi connectivity index (χ2n) is 10.2. The predicted molar refractivity (Wildman–Crippen MR) is 142 cm³/mol. The monoisotopic (exact) mass is 438 g/mol. The molecule has 0 spiro atoms. The van der Waals surface area contributed by atoms with Gasteiger partial charge in [0.25, 0.3) is 0 Å². The van der Waals surface area contributed by atoms with Gasteiger partial charge >= 0.3 is 0 Å². The van der Waals surface area contributed by atoms with Crippen molar-refractivity contribution in [2.45, 2.75) is 194 Å². The van der Waals surface area contributed by atoms with Crippen LogP contribution in [0.4, 0.5) is 0 Å². The Bertz CT molecular complexity index is 284. The second-order valence-corrected chi connectivity index (χ2v) is 10.2. The minimum absolute atomic E-state index is 0.527. The molecule has 0 aliphatic rings. The molecule has 1 heteroatoms. The number of hydrogen-bond acceptors (Lipinski definition) is 1. The molecule has 0 bridgehead atoms. The van der Waals surface area contributed by atoms with E-state index in [4.69, 9.17) is 4.74 Å². The third-order valence-electron chi connectivity index (χ3n) is 6.90. The van der Waals surface area contributed by atoms with Crippen molar-refractivity contribution >= 4 is 0 Å². The van der Waals surface area contributed by atoms with E-state index < -0.39 is 0 Å². The van der Waals surface area contributed by atoms with Gasteiger partial charge in [0.1, 0.15) is 0 Å². The normalized spacial score (nSPS) is 13.5. The second kappa shape index (κ2) is 26.2. The van der Waals surface area contributed by atoms with Gasteiger partial charge in [-0.15, -0.1) is 0 Å². The third-order valence-corrected chi connectivity index (χ3v) is 6.90. The molecule has 2 atom stereocenters. The average molecular weight is 439 g/mol. The Morgan fingerprint density at radius 1 is 0.323 bits per heavy atom. The summed E-state index contributed by atoms with van der Waals surface area (Å²) >= 11 is 0. The van der Waals surface area contributed by atoms with Crippen LogP contribution in [0.3, 0.4) is 0 Å². The molecule has 0 amide bonds. The maximum atomic E-state index is 6.87. The van der Waals surface area contributed by atoms with E-state index in [2.05, 4.69) is 27.7 Å². The summed E-state index contributed by atoms with van der Waals surface area (Å²) in [6.07, 6.45) is 34.0. The molecule has 1 nitrogen and oxygen atoms in total. The molecule has 0 saturated heterocycles. The summed E-state index contributed by atoms with van der Waals surface area (Å²) in [5, 5.41) is 0. The first-order chi connectivity index (χ1) is 15.3. The number of rotatable bonds is 26.